The Morgan fingerprint density at radius 1 is 1.24 bits per heavy atom. The first-order valence-corrected chi connectivity index (χ1v) is 8.56. The van der Waals surface area contributed by atoms with E-state index in [0.717, 1.165) is 12.8 Å². The minimum Gasteiger partial charge on any atom is -1.00 e. The number of hydrogen-bond acceptors (Lipinski definition) is 1. The van der Waals surface area contributed by atoms with Crippen molar-refractivity contribution in [2.24, 2.45) is 0 Å². The van der Waals surface area contributed by atoms with E-state index in [1.54, 1.807) is 9.45 Å². The van der Waals surface area contributed by atoms with E-state index in [-0.39, 0.29) is 34.3 Å². The molecule has 0 aliphatic heterocycles. The van der Waals surface area contributed by atoms with Crippen LogP contribution in [0.4, 0.5) is 0 Å². The molecule has 0 saturated carbocycles. The molecule has 2 rings (SSSR count). The molecule has 0 aromatic heterocycles. The molecule has 2 aliphatic carbocycles. The van der Waals surface area contributed by atoms with Gasteiger partial charge in [-0.3, -0.25) is 0 Å². The van der Waals surface area contributed by atoms with Crippen molar-refractivity contribution in [1.82, 2.24) is 0 Å². The minimum absolute atomic E-state index is 0. The van der Waals surface area contributed by atoms with Crippen molar-refractivity contribution in [1.29, 1.82) is 0 Å². The molecule has 115 valence electrons. The number of rotatable bonds is 3. The van der Waals surface area contributed by atoms with Crippen molar-refractivity contribution in [3.05, 3.63) is 45.4 Å². The van der Waals surface area contributed by atoms with Gasteiger partial charge in [0.05, 0.1) is 0 Å². The molecule has 0 aromatic rings. The average molecular weight is 378 g/mol. The summed E-state index contributed by atoms with van der Waals surface area (Å²) in [4.78, 5) is 0. The van der Waals surface area contributed by atoms with E-state index in [4.69, 9.17) is 0 Å². The first-order chi connectivity index (χ1) is 8.82. The summed E-state index contributed by atoms with van der Waals surface area (Å²) in [7, 11) is 0. The van der Waals surface area contributed by atoms with Gasteiger partial charge in [-0.1, -0.05) is 0 Å². The topological polar surface area (TPSA) is 0 Å². The zero-order valence-electron chi connectivity index (χ0n) is 13.2. The van der Waals surface area contributed by atoms with Crippen molar-refractivity contribution >= 4 is 11.8 Å². The van der Waals surface area contributed by atoms with Gasteiger partial charge in [0.2, 0.25) is 0 Å². The van der Waals surface area contributed by atoms with Gasteiger partial charge < -0.3 is 24.8 Å². The Balaban J connectivity index is 0.00000200. The summed E-state index contributed by atoms with van der Waals surface area (Å²) >= 11 is 4.41. The van der Waals surface area contributed by atoms with Crippen LogP contribution in [0.15, 0.2) is 45.4 Å². The Bertz CT molecular complexity index is 484. The standard InChI is InChI=1S/C17H23S.2ClH.Ti/c1-14-9-7-8-12-17(14,18-16(2,3)4)13-15-10-5-6-11-15;;;/h5,7-10H,6,12-13H2,1-4H3;2*1H;/q;;;+2/p-2. The third-order valence-electron chi connectivity index (χ3n) is 3.65. The summed E-state index contributed by atoms with van der Waals surface area (Å²) in [5, 5.41) is 0. The second kappa shape index (κ2) is 8.45. The molecule has 1 unspecified atom stereocenters. The van der Waals surface area contributed by atoms with Gasteiger partial charge in [-0.2, -0.15) is 0 Å². The van der Waals surface area contributed by atoms with E-state index in [1.165, 1.54) is 12.0 Å². The zero-order chi connectivity index (χ0) is 14.1. The Kier molecular flexibility index (Phi) is 8.70. The van der Waals surface area contributed by atoms with Gasteiger partial charge >= 0.3 is 134 Å². The Morgan fingerprint density at radius 2 is 1.90 bits per heavy atom. The van der Waals surface area contributed by atoms with Crippen LogP contribution in [0.2, 0.25) is 0 Å². The smallest absolute Gasteiger partial charge is 1.00 e. The fourth-order valence-electron chi connectivity index (χ4n) is 2.76. The molecule has 0 aromatic carbocycles. The van der Waals surface area contributed by atoms with Crippen LogP contribution in [0.1, 0.15) is 47.0 Å². The molecule has 2 aliphatic rings. The summed E-state index contributed by atoms with van der Waals surface area (Å²) < 4.78 is 2.09. The quantitative estimate of drug-likeness (QED) is 0.587. The van der Waals surface area contributed by atoms with E-state index >= 15 is 0 Å². The maximum absolute atomic E-state index is 2.34. The molecule has 0 bridgehead atoms. The molecule has 1 atom stereocenters. The van der Waals surface area contributed by atoms with Crippen molar-refractivity contribution in [3.63, 3.8) is 0 Å². The van der Waals surface area contributed by atoms with Crippen molar-refractivity contribution in [3.8, 4) is 0 Å². The zero-order valence-corrected chi connectivity index (χ0v) is 17.1. The summed E-state index contributed by atoms with van der Waals surface area (Å²) in [6, 6.07) is 0. The summed E-state index contributed by atoms with van der Waals surface area (Å²) in [6.45, 7) is 9.29. The van der Waals surface area contributed by atoms with E-state index < -0.39 is 0 Å². The maximum atomic E-state index is 2.34. The monoisotopic (exact) mass is 377 g/mol. The number of thioether (sulfide) groups is 1. The van der Waals surface area contributed by atoms with Crippen molar-refractivity contribution in [2.75, 3.05) is 0 Å². The molecule has 0 heterocycles. The Morgan fingerprint density at radius 3 is 2.38 bits per heavy atom. The van der Waals surface area contributed by atoms with Crippen LogP contribution in [0.3, 0.4) is 0 Å². The molecule has 4 heteroatoms. The fourth-order valence-corrected chi connectivity index (χ4v) is 5.02. The number of hydrogen-bond donors (Lipinski definition) is 0. The molecule has 0 radical (unpaired) electrons. The average Bonchev–Trinajstić information content (AvgIpc) is 2.67. The van der Waals surface area contributed by atoms with Gasteiger partial charge in [-0.15, -0.1) is 0 Å². The molecule has 0 nitrogen and oxygen atoms in total. The van der Waals surface area contributed by atoms with E-state index in [9.17, 15) is 0 Å². The summed E-state index contributed by atoms with van der Waals surface area (Å²) in [5.41, 5.74) is 3.08. The normalized spacial score (nSPS) is 24.6. The van der Waals surface area contributed by atoms with Gasteiger partial charge in [0.15, 0.2) is 0 Å². The molecular weight excluding hydrogens is 355 g/mol. The van der Waals surface area contributed by atoms with Gasteiger partial charge in [0, 0.05) is 0 Å². The van der Waals surface area contributed by atoms with E-state index in [0.29, 0.717) is 0 Å². The Labute approximate surface area is 158 Å². The summed E-state index contributed by atoms with van der Waals surface area (Å²) in [6.07, 6.45) is 15.0. The molecule has 21 heavy (non-hydrogen) atoms. The molecule has 0 N–H and O–H groups in total. The van der Waals surface area contributed by atoms with Crippen molar-refractivity contribution in [2.45, 2.75) is 56.5 Å². The van der Waals surface area contributed by atoms with Crippen molar-refractivity contribution < 1.29 is 45.2 Å². The van der Waals surface area contributed by atoms with Crippen LogP contribution >= 0.6 is 11.8 Å². The van der Waals surface area contributed by atoms with Crippen LogP contribution in [0, 0.1) is 0 Å². The molecule has 0 saturated heterocycles. The van der Waals surface area contributed by atoms with Crippen LogP contribution in [-0.2, 0) is 20.4 Å². The van der Waals surface area contributed by atoms with Gasteiger partial charge in [0.25, 0.3) is 0 Å². The van der Waals surface area contributed by atoms with Crippen LogP contribution < -0.4 is 24.8 Å². The predicted molar refractivity (Wildman–Crippen MR) is 83.0 cm³/mol. The maximum Gasteiger partial charge on any atom is -1.00 e. The molecule has 0 amide bonds. The van der Waals surface area contributed by atoms with Gasteiger partial charge in [-0.25, -0.2) is 0 Å². The molecule has 0 fully saturated rings. The largest absolute Gasteiger partial charge is 1.00 e. The number of allylic oxidation sites excluding steroid dienone is 7. The van der Waals surface area contributed by atoms with Crippen LogP contribution in [0.25, 0.3) is 0 Å². The Hall–Kier alpha value is 0.604. The van der Waals surface area contributed by atoms with E-state index in [1.807, 2.05) is 0 Å². The first kappa shape index (κ1) is 21.6. The van der Waals surface area contributed by atoms with Crippen LogP contribution in [0.5, 0.6) is 0 Å². The molecular formula is C17H23Cl2STi. The fraction of sp³-hybridized carbons (Fsp3) is 0.529. The number of halogens is 2. The minimum atomic E-state index is 0. The summed E-state index contributed by atoms with van der Waals surface area (Å²) in [5.74, 6) is 0. The second-order valence-corrected chi connectivity index (χ2v) is 9.63. The molecule has 0 spiro atoms. The van der Waals surface area contributed by atoms with Gasteiger partial charge in [0.1, 0.15) is 0 Å². The van der Waals surface area contributed by atoms with E-state index in [2.05, 4.69) is 90.3 Å². The van der Waals surface area contributed by atoms with Gasteiger partial charge in [-0.05, 0) is 0 Å². The van der Waals surface area contributed by atoms with Crippen LogP contribution in [-0.4, -0.2) is 9.49 Å². The third-order valence-corrected chi connectivity index (χ3v) is 6.11. The predicted octanol–water partition coefficient (Wildman–Crippen LogP) is -0.678. The first-order valence-electron chi connectivity index (χ1n) is 6.97. The SMILES string of the molecule is CC1=CC=CCC1(CC1=[C]([Ti+2])CC=C1)SC(C)(C)C.[Cl-].[Cl-]. The third kappa shape index (κ3) is 5.63. The second-order valence-electron chi connectivity index (χ2n) is 6.48.